The summed E-state index contributed by atoms with van der Waals surface area (Å²) in [5.41, 5.74) is 6.58. The van der Waals surface area contributed by atoms with Crippen molar-refractivity contribution in [2.75, 3.05) is 6.61 Å². The van der Waals surface area contributed by atoms with Crippen molar-refractivity contribution in [1.82, 2.24) is 0 Å². The highest BCUT2D eigenvalue weighted by Crippen LogP contribution is 2.03. The van der Waals surface area contributed by atoms with Crippen LogP contribution in [-0.2, 0) is 20.7 Å². The largest absolute Gasteiger partial charge is 0.516 e. The lowest BCUT2D eigenvalue weighted by atomic mass is 10.1. The van der Waals surface area contributed by atoms with Crippen LogP contribution < -0.4 is 5.73 Å². The Bertz CT molecular complexity index is 405. The Morgan fingerprint density at radius 2 is 1.95 bits per heavy atom. The average molecular weight is 265 g/mol. The summed E-state index contributed by atoms with van der Waals surface area (Å²) in [6.07, 6.45) is 0.970. The average Bonchev–Trinajstić information content (AvgIpc) is 2.40. The van der Waals surface area contributed by atoms with Crippen molar-refractivity contribution in [3.8, 4) is 0 Å². The van der Waals surface area contributed by atoms with Gasteiger partial charge in [0.15, 0.2) is 0 Å². The Kier molecular flexibility index (Phi) is 6.60. The second-order valence-corrected chi connectivity index (χ2v) is 4.17. The molecule has 0 saturated heterocycles. The SMILES string of the molecule is CCCCOC(=O)OC(=O)[C@@H](N)Cc1ccccc1. The van der Waals surface area contributed by atoms with Gasteiger partial charge in [-0.2, -0.15) is 0 Å². The number of nitrogens with two attached hydrogens (primary N) is 1. The number of esters is 1. The lowest BCUT2D eigenvalue weighted by Gasteiger charge is -2.10. The standard InChI is InChI=1S/C14H19NO4/c1-2-3-9-18-14(17)19-13(16)12(15)10-11-7-5-4-6-8-11/h4-8,12H,2-3,9-10,15H2,1H3/t12-/m0/s1. The summed E-state index contributed by atoms with van der Waals surface area (Å²) in [5, 5.41) is 0. The first kappa shape index (κ1) is 15.2. The van der Waals surface area contributed by atoms with Crippen molar-refractivity contribution < 1.29 is 19.1 Å². The maximum atomic E-state index is 11.5. The molecular weight excluding hydrogens is 246 g/mol. The normalized spacial score (nSPS) is 11.7. The second-order valence-electron chi connectivity index (χ2n) is 4.17. The molecule has 0 saturated carbocycles. The Balaban J connectivity index is 2.34. The Hall–Kier alpha value is -1.88. The molecule has 104 valence electrons. The zero-order valence-corrected chi connectivity index (χ0v) is 11.0. The van der Waals surface area contributed by atoms with Gasteiger partial charge in [-0.05, 0) is 18.4 Å². The number of unbranched alkanes of at least 4 members (excludes halogenated alkanes) is 1. The van der Waals surface area contributed by atoms with E-state index < -0.39 is 18.2 Å². The van der Waals surface area contributed by atoms with Crippen molar-refractivity contribution in [2.24, 2.45) is 5.73 Å². The lowest BCUT2D eigenvalue weighted by molar-refractivity contribution is -0.141. The molecule has 0 amide bonds. The zero-order valence-electron chi connectivity index (χ0n) is 11.0. The molecule has 1 rings (SSSR count). The predicted octanol–water partition coefficient (Wildman–Crippen LogP) is 2.04. The zero-order chi connectivity index (χ0) is 14.1. The first-order chi connectivity index (χ1) is 9.13. The number of hydrogen-bond donors (Lipinski definition) is 1. The highest BCUT2D eigenvalue weighted by atomic mass is 16.7. The van der Waals surface area contributed by atoms with Gasteiger partial charge in [-0.1, -0.05) is 43.7 Å². The van der Waals surface area contributed by atoms with Gasteiger partial charge in [-0.25, -0.2) is 9.59 Å². The van der Waals surface area contributed by atoms with E-state index in [2.05, 4.69) is 4.74 Å². The van der Waals surface area contributed by atoms with E-state index in [0.29, 0.717) is 6.42 Å². The Morgan fingerprint density at radius 3 is 2.58 bits per heavy atom. The lowest BCUT2D eigenvalue weighted by Crippen LogP contribution is -2.35. The molecule has 5 heteroatoms. The van der Waals surface area contributed by atoms with Crippen molar-refractivity contribution in [2.45, 2.75) is 32.2 Å². The molecule has 5 nitrogen and oxygen atoms in total. The summed E-state index contributed by atoms with van der Waals surface area (Å²) in [4.78, 5) is 22.7. The maximum Gasteiger partial charge on any atom is 0.516 e. The topological polar surface area (TPSA) is 78.6 Å². The van der Waals surface area contributed by atoms with Crippen LogP contribution in [0.3, 0.4) is 0 Å². The molecule has 1 aromatic carbocycles. The van der Waals surface area contributed by atoms with Gasteiger partial charge in [-0.15, -0.1) is 0 Å². The van der Waals surface area contributed by atoms with E-state index in [9.17, 15) is 9.59 Å². The molecule has 2 N–H and O–H groups in total. The molecule has 0 bridgehead atoms. The molecule has 1 atom stereocenters. The van der Waals surface area contributed by atoms with Crippen LogP contribution in [0.1, 0.15) is 25.3 Å². The minimum atomic E-state index is -0.984. The summed E-state index contributed by atoms with van der Waals surface area (Å²) < 4.78 is 9.22. The number of carbonyl (C=O) groups is 2. The molecular formula is C14H19NO4. The second kappa shape index (κ2) is 8.26. The fraction of sp³-hybridized carbons (Fsp3) is 0.429. The summed E-state index contributed by atoms with van der Waals surface area (Å²) in [6, 6.07) is 8.41. The summed E-state index contributed by atoms with van der Waals surface area (Å²) in [7, 11) is 0. The summed E-state index contributed by atoms with van der Waals surface area (Å²) in [6.45, 7) is 2.21. The van der Waals surface area contributed by atoms with Gasteiger partial charge >= 0.3 is 12.1 Å². The fourth-order valence-corrected chi connectivity index (χ4v) is 1.44. The molecule has 0 heterocycles. The third kappa shape index (κ3) is 6.01. The number of ether oxygens (including phenoxy) is 2. The molecule has 0 aromatic heterocycles. The Morgan fingerprint density at radius 1 is 1.26 bits per heavy atom. The third-order valence-corrected chi connectivity index (χ3v) is 2.50. The minimum absolute atomic E-state index is 0.247. The minimum Gasteiger partial charge on any atom is -0.434 e. The molecule has 0 aliphatic carbocycles. The highest BCUT2D eigenvalue weighted by Gasteiger charge is 2.19. The molecule has 19 heavy (non-hydrogen) atoms. The number of rotatable bonds is 6. The summed E-state index contributed by atoms with van der Waals surface area (Å²) in [5.74, 6) is -0.773. The van der Waals surface area contributed by atoms with Gasteiger partial charge in [-0.3, -0.25) is 0 Å². The van der Waals surface area contributed by atoms with Gasteiger partial charge in [0.2, 0.25) is 0 Å². The van der Waals surface area contributed by atoms with E-state index in [1.165, 1.54) is 0 Å². The quantitative estimate of drug-likeness (QED) is 0.483. The van der Waals surface area contributed by atoms with Gasteiger partial charge < -0.3 is 15.2 Å². The number of benzene rings is 1. The molecule has 0 aliphatic rings. The van der Waals surface area contributed by atoms with E-state index >= 15 is 0 Å². The van der Waals surface area contributed by atoms with E-state index in [1.54, 1.807) is 0 Å². The Labute approximate surface area is 112 Å². The van der Waals surface area contributed by atoms with Crippen LogP contribution in [0.15, 0.2) is 30.3 Å². The van der Waals surface area contributed by atoms with Crippen molar-refractivity contribution in [3.05, 3.63) is 35.9 Å². The van der Waals surface area contributed by atoms with Gasteiger partial charge in [0.1, 0.15) is 6.04 Å². The smallest absolute Gasteiger partial charge is 0.434 e. The van der Waals surface area contributed by atoms with Crippen molar-refractivity contribution in [3.63, 3.8) is 0 Å². The molecule has 0 fully saturated rings. The van der Waals surface area contributed by atoms with Crippen molar-refractivity contribution in [1.29, 1.82) is 0 Å². The van der Waals surface area contributed by atoms with Crippen LogP contribution in [0, 0.1) is 0 Å². The number of hydrogen-bond acceptors (Lipinski definition) is 5. The van der Waals surface area contributed by atoms with Gasteiger partial charge in [0.05, 0.1) is 6.61 Å². The van der Waals surface area contributed by atoms with Crippen LogP contribution in [0.25, 0.3) is 0 Å². The molecule has 0 aliphatic heterocycles. The molecule has 0 radical (unpaired) electrons. The van der Waals surface area contributed by atoms with Gasteiger partial charge in [0, 0.05) is 0 Å². The molecule has 0 unspecified atom stereocenters. The van der Waals surface area contributed by atoms with E-state index in [-0.39, 0.29) is 6.61 Å². The van der Waals surface area contributed by atoms with Crippen LogP contribution in [0.4, 0.5) is 4.79 Å². The van der Waals surface area contributed by atoms with E-state index in [4.69, 9.17) is 10.5 Å². The van der Waals surface area contributed by atoms with E-state index in [0.717, 1.165) is 18.4 Å². The maximum absolute atomic E-state index is 11.5. The van der Waals surface area contributed by atoms with Crippen LogP contribution in [0.2, 0.25) is 0 Å². The summed E-state index contributed by atoms with van der Waals surface area (Å²) >= 11 is 0. The van der Waals surface area contributed by atoms with Crippen LogP contribution >= 0.6 is 0 Å². The highest BCUT2D eigenvalue weighted by molar-refractivity contribution is 5.85. The molecule has 1 aromatic rings. The van der Waals surface area contributed by atoms with Gasteiger partial charge in [0.25, 0.3) is 0 Å². The first-order valence-electron chi connectivity index (χ1n) is 6.31. The monoisotopic (exact) mass is 265 g/mol. The molecule has 0 spiro atoms. The van der Waals surface area contributed by atoms with Crippen molar-refractivity contribution >= 4 is 12.1 Å². The van der Waals surface area contributed by atoms with E-state index in [1.807, 2.05) is 37.3 Å². The number of carbonyl (C=O) groups excluding carboxylic acids is 2. The third-order valence-electron chi connectivity index (χ3n) is 2.50. The first-order valence-corrected chi connectivity index (χ1v) is 6.31. The fourth-order valence-electron chi connectivity index (χ4n) is 1.44. The predicted molar refractivity (Wildman–Crippen MR) is 70.5 cm³/mol. The van der Waals surface area contributed by atoms with Crippen LogP contribution in [-0.4, -0.2) is 24.8 Å². The van der Waals surface area contributed by atoms with Crippen LogP contribution in [0.5, 0.6) is 0 Å².